The molecular formula is C18H18O3. The smallest absolute Gasteiger partial charge is 0.169 e. The van der Waals surface area contributed by atoms with Crippen LogP contribution in [-0.4, -0.2) is 10.2 Å². The van der Waals surface area contributed by atoms with E-state index in [1.807, 2.05) is 12.1 Å². The fraction of sp³-hybridized carbons (Fsp3) is 0.111. The van der Waals surface area contributed by atoms with Gasteiger partial charge in [0.15, 0.2) is 23.0 Å². The first-order chi connectivity index (χ1) is 10.1. The Bertz CT molecular complexity index is 602. The maximum absolute atomic E-state index is 9.95. The summed E-state index contributed by atoms with van der Waals surface area (Å²) in [6.07, 6.45) is 4.88. The van der Waals surface area contributed by atoms with Crippen molar-refractivity contribution in [1.29, 1.82) is 0 Å². The van der Waals surface area contributed by atoms with Gasteiger partial charge in [-0.05, 0) is 48.2 Å². The summed E-state index contributed by atoms with van der Waals surface area (Å²) in [5.41, 5.74) is 1.89. The molecule has 0 unspecified atom stereocenters. The second-order valence-electron chi connectivity index (χ2n) is 4.69. The van der Waals surface area contributed by atoms with Crippen LogP contribution in [0.5, 0.6) is 23.0 Å². The first kappa shape index (κ1) is 14.7. The Labute approximate surface area is 124 Å². The molecule has 0 aromatic heterocycles. The molecule has 0 spiro atoms. The molecule has 0 radical (unpaired) electrons. The number of rotatable bonds is 6. The summed E-state index contributed by atoms with van der Waals surface area (Å²) in [4.78, 5) is 0. The highest BCUT2D eigenvalue weighted by molar-refractivity contribution is 5.49. The van der Waals surface area contributed by atoms with E-state index in [2.05, 4.69) is 13.2 Å². The van der Waals surface area contributed by atoms with Gasteiger partial charge in [-0.15, -0.1) is 13.2 Å². The minimum atomic E-state index is 0.0314. The van der Waals surface area contributed by atoms with Gasteiger partial charge >= 0.3 is 0 Å². The highest BCUT2D eigenvalue weighted by Gasteiger charge is 2.09. The van der Waals surface area contributed by atoms with Crippen molar-refractivity contribution < 1.29 is 14.9 Å². The Balaban J connectivity index is 2.21. The Morgan fingerprint density at radius 3 is 1.57 bits per heavy atom. The predicted molar refractivity (Wildman–Crippen MR) is 84.1 cm³/mol. The molecule has 0 heterocycles. The van der Waals surface area contributed by atoms with Gasteiger partial charge in [-0.25, -0.2) is 0 Å². The van der Waals surface area contributed by atoms with Gasteiger partial charge in [-0.3, -0.25) is 0 Å². The SMILES string of the molecule is C=CCc1ccc(Oc2ccc(CC=C)cc2O)c(O)c1. The molecule has 2 aromatic rings. The Morgan fingerprint density at radius 1 is 0.810 bits per heavy atom. The monoisotopic (exact) mass is 282 g/mol. The molecule has 3 heteroatoms. The van der Waals surface area contributed by atoms with E-state index in [0.29, 0.717) is 24.3 Å². The van der Waals surface area contributed by atoms with E-state index in [4.69, 9.17) is 4.74 Å². The van der Waals surface area contributed by atoms with Crippen molar-refractivity contribution in [3.8, 4) is 23.0 Å². The van der Waals surface area contributed by atoms with Crippen molar-refractivity contribution in [1.82, 2.24) is 0 Å². The van der Waals surface area contributed by atoms with E-state index in [1.165, 1.54) is 0 Å². The van der Waals surface area contributed by atoms with E-state index in [9.17, 15) is 10.2 Å². The average molecular weight is 282 g/mol. The van der Waals surface area contributed by atoms with Gasteiger partial charge < -0.3 is 14.9 Å². The average Bonchev–Trinajstić information content (AvgIpc) is 2.45. The molecule has 0 saturated carbocycles. The highest BCUT2D eigenvalue weighted by Crippen LogP contribution is 2.36. The zero-order chi connectivity index (χ0) is 15.2. The summed E-state index contributed by atoms with van der Waals surface area (Å²) in [7, 11) is 0. The third-order valence-electron chi connectivity index (χ3n) is 3.03. The van der Waals surface area contributed by atoms with E-state index in [-0.39, 0.29) is 11.5 Å². The Hall–Kier alpha value is -2.68. The highest BCUT2D eigenvalue weighted by atomic mass is 16.5. The van der Waals surface area contributed by atoms with Crippen LogP contribution in [0.3, 0.4) is 0 Å². The topological polar surface area (TPSA) is 49.7 Å². The van der Waals surface area contributed by atoms with Gasteiger partial charge in [0.05, 0.1) is 0 Å². The number of aromatic hydroxyl groups is 2. The lowest BCUT2D eigenvalue weighted by Gasteiger charge is -2.11. The quantitative estimate of drug-likeness (QED) is 0.774. The number of allylic oxidation sites excluding steroid dienone is 2. The zero-order valence-electron chi connectivity index (χ0n) is 11.7. The van der Waals surface area contributed by atoms with Crippen LogP contribution in [0, 0.1) is 0 Å². The molecule has 3 nitrogen and oxygen atoms in total. The second kappa shape index (κ2) is 6.66. The minimum absolute atomic E-state index is 0.0314. The van der Waals surface area contributed by atoms with Gasteiger partial charge in [-0.2, -0.15) is 0 Å². The molecule has 0 bridgehead atoms. The Kier molecular flexibility index (Phi) is 4.67. The van der Waals surface area contributed by atoms with Gasteiger partial charge in [0.25, 0.3) is 0 Å². The molecule has 108 valence electrons. The molecule has 0 saturated heterocycles. The lowest BCUT2D eigenvalue weighted by Crippen LogP contribution is -1.89. The molecule has 0 fully saturated rings. The van der Waals surface area contributed by atoms with Crippen LogP contribution in [0.15, 0.2) is 61.7 Å². The molecule has 0 aliphatic heterocycles. The normalized spacial score (nSPS) is 10.1. The summed E-state index contributed by atoms with van der Waals surface area (Å²) in [6.45, 7) is 7.32. The third kappa shape index (κ3) is 3.66. The van der Waals surface area contributed by atoms with Crippen molar-refractivity contribution in [2.45, 2.75) is 12.8 Å². The maximum Gasteiger partial charge on any atom is 0.169 e. The van der Waals surface area contributed by atoms with Gasteiger partial charge in [-0.1, -0.05) is 24.3 Å². The van der Waals surface area contributed by atoms with Crippen LogP contribution in [0.2, 0.25) is 0 Å². The third-order valence-corrected chi connectivity index (χ3v) is 3.03. The molecule has 0 amide bonds. The number of phenols is 2. The lowest BCUT2D eigenvalue weighted by molar-refractivity contribution is 0.384. The van der Waals surface area contributed by atoms with E-state index in [0.717, 1.165) is 11.1 Å². The second-order valence-corrected chi connectivity index (χ2v) is 4.69. The minimum Gasteiger partial charge on any atom is -0.504 e. The van der Waals surface area contributed by atoms with Crippen LogP contribution in [0.1, 0.15) is 11.1 Å². The number of hydrogen-bond acceptors (Lipinski definition) is 3. The van der Waals surface area contributed by atoms with Crippen molar-refractivity contribution in [3.05, 3.63) is 72.8 Å². The lowest BCUT2D eigenvalue weighted by atomic mass is 10.1. The zero-order valence-corrected chi connectivity index (χ0v) is 11.7. The summed E-state index contributed by atoms with van der Waals surface area (Å²) in [6, 6.07) is 10.3. The van der Waals surface area contributed by atoms with Crippen LogP contribution in [0.25, 0.3) is 0 Å². The first-order valence-corrected chi connectivity index (χ1v) is 6.67. The van der Waals surface area contributed by atoms with Gasteiger partial charge in [0.2, 0.25) is 0 Å². The van der Waals surface area contributed by atoms with Crippen LogP contribution in [0.4, 0.5) is 0 Å². The van der Waals surface area contributed by atoms with Gasteiger partial charge in [0, 0.05) is 0 Å². The van der Waals surface area contributed by atoms with Gasteiger partial charge in [0.1, 0.15) is 0 Å². The fourth-order valence-electron chi connectivity index (χ4n) is 2.00. The molecule has 0 aliphatic carbocycles. The number of benzene rings is 2. The standard InChI is InChI=1S/C18H18O3/c1-3-5-13-7-9-17(15(19)11-13)21-18-10-8-14(6-4-2)12-16(18)20/h3-4,7-12,19-20H,1-2,5-6H2. The maximum atomic E-state index is 9.95. The molecule has 0 aliphatic rings. The molecule has 2 aromatic carbocycles. The summed E-state index contributed by atoms with van der Waals surface area (Å²) in [5.74, 6) is 0.664. The molecule has 0 atom stereocenters. The van der Waals surface area contributed by atoms with Crippen LogP contribution < -0.4 is 4.74 Å². The van der Waals surface area contributed by atoms with Crippen molar-refractivity contribution in [2.75, 3.05) is 0 Å². The van der Waals surface area contributed by atoms with Crippen LogP contribution >= 0.6 is 0 Å². The number of ether oxygens (including phenoxy) is 1. The molecule has 21 heavy (non-hydrogen) atoms. The van der Waals surface area contributed by atoms with E-state index >= 15 is 0 Å². The van der Waals surface area contributed by atoms with Crippen molar-refractivity contribution in [2.24, 2.45) is 0 Å². The Morgan fingerprint density at radius 2 is 1.24 bits per heavy atom. The predicted octanol–water partition coefficient (Wildman–Crippen LogP) is 4.35. The van der Waals surface area contributed by atoms with Crippen LogP contribution in [-0.2, 0) is 12.8 Å². The number of phenolic OH excluding ortho intramolecular Hbond substituents is 2. The summed E-state index contributed by atoms with van der Waals surface area (Å²) < 4.78 is 5.55. The molecule has 2 N–H and O–H groups in total. The van der Waals surface area contributed by atoms with E-state index in [1.54, 1.807) is 36.4 Å². The van der Waals surface area contributed by atoms with Crippen molar-refractivity contribution >= 4 is 0 Å². The summed E-state index contributed by atoms with van der Waals surface area (Å²) in [5, 5.41) is 19.9. The van der Waals surface area contributed by atoms with E-state index < -0.39 is 0 Å². The number of hydrogen-bond donors (Lipinski definition) is 2. The first-order valence-electron chi connectivity index (χ1n) is 6.67. The fourth-order valence-corrected chi connectivity index (χ4v) is 2.00. The molecular weight excluding hydrogens is 264 g/mol. The van der Waals surface area contributed by atoms with Crippen molar-refractivity contribution in [3.63, 3.8) is 0 Å². The molecule has 2 rings (SSSR count). The summed E-state index contributed by atoms with van der Waals surface area (Å²) >= 11 is 0. The largest absolute Gasteiger partial charge is 0.504 e.